The third kappa shape index (κ3) is 1.91. The molecule has 0 spiro atoms. The van der Waals surface area contributed by atoms with Gasteiger partial charge in [-0.2, -0.15) is 5.10 Å². The van der Waals surface area contributed by atoms with Crippen LogP contribution in [0, 0.1) is 0 Å². The van der Waals surface area contributed by atoms with Gasteiger partial charge in [0.1, 0.15) is 5.75 Å². The van der Waals surface area contributed by atoms with E-state index in [-0.39, 0.29) is 5.75 Å². The fraction of sp³-hybridized carbons (Fsp3) is 0.308. The Labute approximate surface area is 99.7 Å². The number of aromatic hydroxyl groups is 1. The Morgan fingerprint density at radius 1 is 1.24 bits per heavy atom. The Morgan fingerprint density at radius 3 is 2.76 bits per heavy atom. The number of aromatic nitrogens is 2. The number of nitrogens with one attached hydrogen (secondary N) is 2. The monoisotopic (exact) mass is 229 g/mol. The second kappa shape index (κ2) is 4.22. The van der Waals surface area contributed by atoms with Gasteiger partial charge in [0.05, 0.1) is 11.9 Å². The molecule has 88 valence electrons. The largest absolute Gasteiger partial charge is 0.508 e. The lowest BCUT2D eigenvalue weighted by atomic mass is 10.0. The molecule has 3 N–H and O–H groups in total. The molecule has 4 nitrogen and oxygen atoms in total. The summed E-state index contributed by atoms with van der Waals surface area (Å²) in [5.41, 5.74) is 3.35. The summed E-state index contributed by atoms with van der Waals surface area (Å²) in [6, 6.07) is 7.61. The summed E-state index contributed by atoms with van der Waals surface area (Å²) in [4.78, 5) is 0. The minimum Gasteiger partial charge on any atom is -0.508 e. The van der Waals surface area contributed by atoms with Crippen LogP contribution in [0.3, 0.4) is 0 Å². The SMILES string of the molecule is Oc1ccc(-c2cn[nH]c2C2CCCN2)cc1. The highest BCUT2D eigenvalue weighted by Gasteiger charge is 2.21. The quantitative estimate of drug-likeness (QED) is 0.740. The molecular formula is C13H15N3O. The van der Waals surface area contributed by atoms with E-state index in [2.05, 4.69) is 15.5 Å². The Kier molecular flexibility index (Phi) is 2.57. The van der Waals surface area contributed by atoms with Crippen LogP contribution >= 0.6 is 0 Å². The number of aromatic amines is 1. The van der Waals surface area contributed by atoms with Crippen molar-refractivity contribution >= 4 is 0 Å². The van der Waals surface area contributed by atoms with Crippen molar-refractivity contribution in [1.82, 2.24) is 15.5 Å². The van der Waals surface area contributed by atoms with Crippen molar-refractivity contribution < 1.29 is 5.11 Å². The molecule has 0 aliphatic carbocycles. The molecule has 1 aromatic carbocycles. The molecule has 1 unspecified atom stereocenters. The van der Waals surface area contributed by atoms with Crippen molar-refractivity contribution in [2.24, 2.45) is 0 Å². The van der Waals surface area contributed by atoms with E-state index in [1.165, 1.54) is 6.42 Å². The molecular weight excluding hydrogens is 214 g/mol. The maximum absolute atomic E-state index is 9.30. The lowest BCUT2D eigenvalue weighted by Crippen LogP contribution is -2.14. The number of hydrogen-bond acceptors (Lipinski definition) is 3. The van der Waals surface area contributed by atoms with E-state index >= 15 is 0 Å². The number of phenolic OH excluding ortho intramolecular Hbond substituents is 1. The van der Waals surface area contributed by atoms with Gasteiger partial charge in [-0.3, -0.25) is 5.10 Å². The molecule has 2 heterocycles. The van der Waals surface area contributed by atoms with Gasteiger partial charge < -0.3 is 10.4 Å². The molecule has 1 aliphatic rings. The van der Waals surface area contributed by atoms with E-state index in [9.17, 15) is 5.11 Å². The van der Waals surface area contributed by atoms with E-state index in [1.807, 2.05) is 18.3 Å². The first kappa shape index (κ1) is 10.4. The first-order valence-electron chi connectivity index (χ1n) is 5.90. The Balaban J connectivity index is 1.97. The smallest absolute Gasteiger partial charge is 0.115 e. The molecule has 17 heavy (non-hydrogen) atoms. The van der Waals surface area contributed by atoms with Crippen molar-refractivity contribution in [2.75, 3.05) is 6.54 Å². The fourth-order valence-electron chi connectivity index (χ4n) is 2.36. The van der Waals surface area contributed by atoms with Crippen LogP contribution in [0.4, 0.5) is 0 Å². The van der Waals surface area contributed by atoms with Crippen molar-refractivity contribution in [1.29, 1.82) is 0 Å². The average Bonchev–Trinajstić information content (AvgIpc) is 3.00. The maximum atomic E-state index is 9.30. The number of H-pyrrole nitrogens is 1. The van der Waals surface area contributed by atoms with E-state index in [1.54, 1.807) is 12.1 Å². The zero-order chi connectivity index (χ0) is 11.7. The van der Waals surface area contributed by atoms with Crippen LogP contribution in [-0.2, 0) is 0 Å². The van der Waals surface area contributed by atoms with Gasteiger partial charge in [0, 0.05) is 11.6 Å². The Morgan fingerprint density at radius 2 is 2.06 bits per heavy atom. The van der Waals surface area contributed by atoms with E-state index in [4.69, 9.17) is 0 Å². The van der Waals surface area contributed by atoms with Gasteiger partial charge in [-0.1, -0.05) is 12.1 Å². The number of rotatable bonds is 2. The third-order valence-corrected chi connectivity index (χ3v) is 3.26. The van der Waals surface area contributed by atoms with Gasteiger partial charge in [0.2, 0.25) is 0 Å². The number of nitrogens with zero attached hydrogens (tertiary/aromatic N) is 1. The second-order valence-electron chi connectivity index (χ2n) is 4.39. The van der Waals surface area contributed by atoms with Crippen LogP contribution in [0.25, 0.3) is 11.1 Å². The van der Waals surface area contributed by atoms with E-state index in [0.29, 0.717) is 6.04 Å². The lowest BCUT2D eigenvalue weighted by molar-refractivity contribution is 0.475. The fourth-order valence-corrected chi connectivity index (χ4v) is 2.36. The van der Waals surface area contributed by atoms with Crippen LogP contribution in [0.2, 0.25) is 0 Å². The summed E-state index contributed by atoms with van der Waals surface area (Å²) in [7, 11) is 0. The minimum atomic E-state index is 0.290. The maximum Gasteiger partial charge on any atom is 0.115 e. The van der Waals surface area contributed by atoms with Gasteiger partial charge in [0.15, 0.2) is 0 Å². The molecule has 0 bridgehead atoms. The molecule has 0 radical (unpaired) electrons. The Hall–Kier alpha value is -1.81. The number of phenols is 1. The Bertz CT molecular complexity index is 498. The van der Waals surface area contributed by atoms with Crippen LogP contribution in [-0.4, -0.2) is 21.8 Å². The first-order valence-corrected chi connectivity index (χ1v) is 5.90. The van der Waals surface area contributed by atoms with Crippen LogP contribution in [0.15, 0.2) is 30.5 Å². The third-order valence-electron chi connectivity index (χ3n) is 3.26. The van der Waals surface area contributed by atoms with Crippen molar-refractivity contribution in [3.63, 3.8) is 0 Å². The zero-order valence-electron chi connectivity index (χ0n) is 9.48. The lowest BCUT2D eigenvalue weighted by Gasteiger charge is -2.10. The van der Waals surface area contributed by atoms with Crippen molar-refractivity contribution in [2.45, 2.75) is 18.9 Å². The molecule has 1 saturated heterocycles. The summed E-state index contributed by atoms with van der Waals surface area (Å²) < 4.78 is 0. The average molecular weight is 229 g/mol. The highest BCUT2D eigenvalue weighted by atomic mass is 16.3. The summed E-state index contributed by atoms with van der Waals surface area (Å²) in [5.74, 6) is 0.290. The highest BCUT2D eigenvalue weighted by Crippen LogP contribution is 2.31. The molecule has 1 aliphatic heterocycles. The van der Waals surface area contributed by atoms with Gasteiger partial charge in [-0.05, 0) is 37.1 Å². The topological polar surface area (TPSA) is 60.9 Å². The predicted octanol–water partition coefficient (Wildman–Crippen LogP) is 2.21. The van der Waals surface area contributed by atoms with Gasteiger partial charge in [-0.15, -0.1) is 0 Å². The molecule has 4 heteroatoms. The number of benzene rings is 1. The molecule has 1 fully saturated rings. The standard InChI is InChI=1S/C13H15N3O/c17-10-5-3-9(4-6-10)11-8-15-16-13(11)12-2-1-7-14-12/h3-6,8,12,14,17H,1-2,7H2,(H,15,16). The predicted molar refractivity (Wildman–Crippen MR) is 65.7 cm³/mol. The normalized spacial score (nSPS) is 19.6. The van der Waals surface area contributed by atoms with Crippen molar-refractivity contribution in [3.8, 4) is 16.9 Å². The number of hydrogen-bond donors (Lipinski definition) is 3. The van der Waals surface area contributed by atoms with Gasteiger partial charge >= 0.3 is 0 Å². The van der Waals surface area contributed by atoms with Crippen molar-refractivity contribution in [3.05, 3.63) is 36.2 Å². The molecule has 1 aromatic heterocycles. The molecule has 0 saturated carbocycles. The molecule has 3 rings (SSSR count). The van der Waals surface area contributed by atoms with Crippen LogP contribution in [0.1, 0.15) is 24.6 Å². The second-order valence-corrected chi connectivity index (χ2v) is 4.39. The molecule has 2 aromatic rings. The first-order chi connectivity index (χ1) is 8.34. The minimum absolute atomic E-state index is 0.290. The summed E-state index contributed by atoms with van der Waals surface area (Å²) in [6.45, 7) is 1.07. The molecule has 1 atom stereocenters. The van der Waals surface area contributed by atoms with E-state index < -0.39 is 0 Å². The van der Waals surface area contributed by atoms with Crippen LogP contribution < -0.4 is 5.32 Å². The van der Waals surface area contributed by atoms with Crippen LogP contribution in [0.5, 0.6) is 5.75 Å². The van der Waals surface area contributed by atoms with Gasteiger partial charge in [0.25, 0.3) is 0 Å². The zero-order valence-corrected chi connectivity index (χ0v) is 9.48. The summed E-state index contributed by atoms with van der Waals surface area (Å²) in [6.07, 6.45) is 4.20. The molecule has 0 amide bonds. The van der Waals surface area contributed by atoms with E-state index in [0.717, 1.165) is 29.8 Å². The summed E-state index contributed by atoms with van der Waals surface area (Å²) >= 11 is 0. The van der Waals surface area contributed by atoms with Gasteiger partial charge in [-0.25, -0.2) is 0 Å². The summed E-state index contributed by atoms with van der Waals surface area (Å²) in [5, 5.41) is 20.0. The highest BCUT2D eigenvalue weighted by molar-refractivity contribution is 5.66.